The van der Waals surface area contributed by atoms with Gasteiger partial charge >= 0.3 is 6.18 Å². The number of rotatable bonds is 4. The van der Waals surface area contributed by atoms with Gasteiger partial charge in [-0.25, -0.2) is 9.97 Å². The van der Waals surface area contributed by atoms with E-state index in [4.69, 9.17) is 0 Å². The van der Waals surface area contributed by atoms with Crippen LogP contribution in [-0.2, 0) is 6.18 Å². The average molecular weight is 432 g/mol. The Morgan fingerprint density at radius 3 is 2.71 bits per heavy atom. The van der Waals surface area contributed by atoms with Gasteiger partial charge in [0.15, 0.2) is 0 Å². The van der Waals surface area contributed by atoms with Crippen LogP contribution in [0.2, 0.25) is 0 Å². The summed E-state index contributed by atoms with van der Waals surface area (Å²) in [5.41, 5.74) is -0.845. The number of halogens is 3. The number of anilines is 1. The third-order valence-electron chi connectivity index (χ3n) is 6.22. The van der Waals surface area contributed by atoms with Crippen LogP contribution in [0.15, 0.2) is 29.5 Å². The molecule has 3 aromatic rings. The highest BCUT2D eigenvalue weighted by molar-refractivity contribution is 5.95. The number of piperidine rings is 1. The zero-order valence-corrected chi connectivity index (χ0v) is 16.8. The topological polar surface area (TPSA) is 87.6 Å². The minimum absolute atomic E-state index is 0.0518. The summed E-state index contributed by atoms with van der Waals surface area (Å²) in [5, 5.41) is 6.81. The number of hydrogen-bond acceptors (Lipinski definition) is 5. The van der Waals surface area contributed by atoms with Gasteiger partial charge in [0.1, 0.15) is 11.1 Å². The molecule has 1 aliphatic carbocycles. The number of nitrogens with one attached hydrogen (secondary N) is 3. The molecule has 4 heterocycles. The van der Waals surface area contributed by atoms with Crippen LogP contribution < -0.4 is 16.2 Å². The van der Waals surface area contributed by atoms with Crippen LogP contribution in [0, 0.1) is 0 Å². The first kappa shape index (κ1) is 20.0. The zero-order valence-electron chi connectivity index (χ0n) is 16.8. The maximum atomic E-state index is 13.7. The Balaban J connectivity index is 1.58. The molecule has 0 unspecified atom stereocenters. The van der Waals surface area contributed by atoms with Gasteiger partial charge in [-0.1, -0.05) is 0 Å². The highest BCUT2D eigenvalue weighted by atomic mass is 19.4. The Morgan fingerprint density at radius 1 is 1.19 bits per heavy atom. The van der Waals surface area contributed by atoms with Crippen LogP contribution in [0.25, 0.3) is 22.2 Å². The highest BCUT2D eigenvalue weighted by Crippen LogP contribution is 2.38. The highest BCUT2D eigenvalue weighted by Gasteiger charge is 2.36. The van der Waals surface area contributed by atoms with E-state index in [1.807, 2.05) is 0 Å². The molecule has 0 spiro atoms. The van der Waals surface area contributed by atoms with E-state index in [1.54, 1.807) is 16.8 Å². The monoisotopic (exact) mass is 432 g/mol. The number of H-pyrrole nitrogens is 1. The van der Waals surface area contributed by atoms with E-state index < -0.39 is 11.7 Å². The molecule has 7 nitrogen and oxygen atoms in total. The first-order valence-electron chi connectivity index (χ1n) is 10.6. The first-order chi connectivity index (χ1) is 14.9. The van der Waals surface area contributed by atoms with Gasteiger partial charge in [-0.05, 0) is 44.7 Å². The van der Waals surface area contributed by atoms with Crippen molar-refractivity contribution in [3.63, 3.8) is 0 Å². The molecule has 164 valence electrons. The van der Waals surface area contributed by atoms with Crippen molar-refractivity contribution in [3.05, 3.63) is 40.6 Å². The summed E-state index contributed by atoms with van der Waals surface area (Å²) in [6.07, 6.45) is 4.12. The molecule has 0 radical (unpaired) electrons. The van der Waals surface area contributed by atoms with Gasteiger partial charge in [0, 0.05) is 48.2 Å². The predicted octanol–water partition coefficient (Wildman–Crippen LogP) is 3.69. The van der Waals surface area contributed by atoms with E-state index in [0.717, 1.165) is 44.8 Å². The second-order valence-corrected chi connectivity index (χ2v) is 8.25. The largest absolute Gasteiger partial charge is 0.419 e. The van der Waals surface area contributed by atoms with Gasteiger partial charge in [0.25, 0.3) is 5.56 Å². The molecule has 3 N–H and O–H groups in total. The summed E-state index contributed by atoms with van der Waals surface area (Å²) in [5.74, 6) is 0.147. The van der Waals surface area contributed by atoms with Gasteiger partial charge < -0.3 is 20.2 Å². The summed E-state index contributed by atoms with van der Waals surface area (Å²) in [6.45, 7) is 1.62. The van der Waals surface area contributed by atoms with Crippen LogP contribution in [0.1, 0.15) is 43.7 Å². The van der Waals surface area contributed by atoms with Gasteiger partial charge in [-0.3, -0.25) is 4.79 Å². The quantitative estimate of drug-likeness (QED) is 0.585. The van der Waals surface area contributed by atoms with E-state index in [0.29, 0.717) is 17.4 Å². The summed E-state index contributed by atoms with van der Waals surface area (Å²) in [4.78, 5) is 23.9. The smallest absolute Gasteiger partial charge is 0.356 e. The number of aromatic amines is 1. The molecule has 2 fully saturated rings. The number of fused-ring (bicyclic) bond motifs is 1. The number of hydrogen-bond donors (Lipinski definition) is 3. The average Bonchev–Trinajstić information content (AvgIpc) is 3.13. The van der Waals surface area contributed by atoms with Crippen molar-refractivity contribution in [3.8, 4) is 11.3 Å². The summed E-state index contributed by atoms with van der Waals surface area (Å²) >= 11 is 0. The Hall–Kier alpha value is -2.88. The molecule has 1 saturated heterocycles. The molecule has 3 aromatic heterocycles. The summed E-state index contributed by atoms with van der Waals surface area (Å²) < 4.78 is 42.9. The third-order valence-corrected chi connectivity index (χ3v) is 6.22. The maximum Gasteiger partial charge on any atom is 0.419 e. The minimum atomic E-state index is -4.62. The lowest BCUT2D eigenvalue weighted by atomic mass is 9.92. The fraction of sp³-hybridized carbons (Fsp3) is 0.476. The molecule has 0 aromatic carbocycles. The third kappa shape index (κ3) is 3.69. The molecular formula is C21H23F3N6O. The van der Waals surface area contributed by atoms with Crippen molar-refractivity contribution < 1.29 is 13.2 Å². The maximum absolute atomic E-state index is 13.7. The molecule has 5 rings (SSSR count). The normalized spacial score (nSPS) is 20.0. The Bertz CT molecular complexity index is 1160. The van der Waals surface area contributed by atoms with Crippen LogP contribution >= 0.6 is 0 Å². The summed E-state index contributed by atoms with van der Waals surface area (Å²) in [6, 6.07) is 1.91. The number of nitrogens with zero attached hydrogens (tertiary/aromatic N) is 3. The molecule has 31 heavy (non-hydrogen) atoms. The number of aromatic nitrogens is 4. The van der Waals surface area contributed by atoms with Crippen molar-refractivity contribution in [1.29, 1.82) is 0 Å². The molecule has 1 aliphatic heterocycles. The minimum Gasteiger partial charge on any atom is -0.356 e. The van der Waals surface area contributed by atoms with Gasteiger partial charge in [0.05, 0.1) is 5.69 Å². The Kier molecular flexibility index (Phi) is 4.96. The van der Waals surface area contributed by atoms with E-state index in [2.05, 4.69) is 25.6 Å². The SMILES string of the molecule is O=c1c2[nH]cc(-c3nc(N[C@H]4CCCNC4)ncc3C(F)(F)F)c2ccn1C1CCC1. The molecule has 1 atom stereocenters. The van der Waals surface area contributed by atoms with Crippen molar-refractivity contribution in [2.24, 2.45) is 0 Å². The van der Waals surface area contributed by atoms with Crippen molar-refractivity contribution in [1.82, 2.24) is 24.8 Å². The fourth-order valence-electron chi connectivity index (χ4n) is 4.31. The summed E-state index contributed by atoms with van der Waals surface area (Å²) in [7, 11) is 0. The second kappa shape index (κ2) is 7.67. The molecule has 0 amide bonds. The van der Waals surface area contributed by atoms with Gasteiger partial charge in [0.2, 0.25) is 5.95 Å². The van der Waals surface area contributed by atoms with Crippen LogP contribution in [-0.4, -0.2) is 38.7 Å². The first-order valence-corrected chi connectivity index (χ1v) is 10.6. The Morgan fingerprint density at radius 2 is 2.03 bits per heavy atom. The van der Waals surface area contributed by atoms with Crippen molar-refractivity contribution in [2.75, 3.05) is 18.4 Å². The van der Waals surface area contributed by atoms with Crippen LogP contribution in [0.4, 0.5) is 19.1 Å². The predicted molar refractivity (Wildman–Crippen MR) is 111 cm³/mol. The van der Waals surface area contributed by atoms with Crippen LogP contribution in [0.3, 0.4) is 0 Å². The Labute approximate surface area is 176 Å². The van der Waals surface area contributed by atoms with Gasteiger partial charge in [-0.15, -0.1) is 0 Å². The lowest BCUT2D eigenvalue weighted by Gasteiger charge is -2.27. The van der Waals surface area contributed by atoms with E-state index in [1.165, 1.54) is 6.20 Å². The molecule has 2 aliphatic rings. The molecule has 1 saturated carbocycles. The molecule has 10 heteroatoms. The van der Waals surface area contributed by atoms with Gasteiger partial charge in [-0.2, -0.15) is 13.2 Å². The van der Waals surface area contributed by atoms with E-state index in [-0.39, 0.29) is 34.8 Å². The molecular weight excluding hydrogens is 409 g/mol. The van der Waals surface area contributed by atoms with E-state index in [9.17, 15) is 18.0 Å². The lowest BCUT2D eigenvalue weighted by molar-refractivity contribution is -0.137. The van der Waals surface area contributed by atoms with Crippen LogP contribution in [0.5, 0.6) is 0 Å². The lowest BCUT2D eigenvalue weighted by Crippen LogP contribution is -2.38. The molecule has 0 bridgehead atoms. The van der Waals surface area contributed by atoms with E-state index >= 15 is 0 Å². The number of pyridine rings is 1. The fourth-order valence-corrected chi connectivity index (χ4v) is 4.31. The second-order valence-electron chi connectivity index (χ2n) is 8.25. The number of alkyl halides is 3. The van der Waals surface area contributed by atoms with Crippen molar-refractivity contribution in [2.45, 2.75) is 50.4 Å². The van der Waals surface area contributed by atoms with Crippen molar-refractivity contribution >= 4 is 16.9 Å². The zero-order chi connectivity index (χ0) is 21.6. The standard InChI is InChI=1S/C21H23F3N6O/c22-21(23,24)16-11-27-20(28-12-3-2-7-25-9-12)29-17(16)15-10-26-18-14(15)6-8-30(19(18)31)13-4-1-5-13/h6,8,10-13,25-26H,1-5,7,9H2,(H,27,28,29)/t12-/m0/s1.